The zero-order valence-electron chi connectivity index (χ0n) is 19.8. The van der Waals surface area contributed by atoms with Gasteiger partial charge >= 0.3 is 0 Å². The van der Waals surface area contributed by atoms with Crippen LogP contribution >= 0.6 is 0 Å². The molecule has 0 saturated carbocycles. The van der Waals surface area contributed by atoms with E-state index in [9.17, 15) is 25.9 Å². The monoisotopic (exact) mass is 540 g/mol. The molecule has 0 heterocycles. The van der Waals surface area contributed by atoms with Gasteiger partial charge in [0, 0.05) is 0 Å². The fraction of sp³-hybridized carbons (Fsp3) is 0. The fourth-order valence-corrected chi connectivity index (χ4v) is 5.43. The lowest BCUT2D eigenvalue weighted by Crippen LogP contribution is -1.99. The van der Waals surface area contributed by atoms with Crippen LogP contribution in [0.25, 0.3) is 44.5 Å². The molecule has 6 nitrogen and oxygen atoms in total. The van der Waals surface area contributed by atoms with Crippen molar-refractivity contribution in [2.75, 3.05) is 0 Å². The average molecular weight is 541 g/mol. The summed E-state index contributed by atoms with van der Waals surface area (Å²) in [5.41, 5.74) is 6.60. The first-order valence-corrected chi connectivity index (χ1v) is 14.3. The summed E-state index contributed by atoms with van der Waals surface area (Å²) >= 11 is 0. The molecule has 0 atom stereocenters. The van der Waals surface area contributed by atoms with Crippen molar-refractivity contribution in [2.45, 2.75) is 9.79 Å². The maximum Gasteiger partial charge on any atom is 0.124 e. The number of benzene rings is 5. The van der Waals surface area contributed by atoms with Crippen LogP contribution in [0.15, 0.2) is 131 Å². The molecule has 8 heteroatoms. The zero-order chi connectivity index (χ0) is 26.9. The average Bonchev–Trinajstić information content (AvgIpc) is 2.92. The lowest BCUT2D eigenvalue weighted by Gasteiger charge is -2.21. The van der Waals surface area contributed by atoms with Gasteiger partial charge in [-0.3, -0.25) is 0 Å². The summed E-state index contributed by atoms with van der Waals surface area (Å²) in [4.78, 5) is -0.619. The molecule has 0 spiro atoms. The van der Waals surface area contributed by atoms with Gasteiger partial charge in [0.2, 0.25) is 0 Å². The zero-order valence-corrected chi connectivity index (χ0v) is 21.4. The summed E-state index contributed by atoms with van der Waals surface area (Å²) < 4.78 is 68.9. The Morgan fingerprint density at radius 3 is 0.974 bits per heavy atom. The summed E-state index contributed by atoms with van der Waals surface area (Å²) in [5, 5.41) is 0. The van der Waals surface area contributed by atoms with Crippen LogP contribution in [0.1, 0.15) is 0 Å². The van der Waals surface area contributed by atoms with E-state index in [-0.39, 0.29) is 9.79 Å². The molecule has 38 heavy (non-hydrogen) atoms. The van der Waals surface area contributed by atoms with E-state index in [0.717, 1.165) is 33.4 Å². The van der Waals surface area contributed by atoms with Gasteiger partial charge in [0.1, 0.15) is 20.2 Å². The molecule has 0 fully saturated rings. The Kier molecular flexibility index (Phi) is 6.73. The summed E-state index contributed by atoms with van der Waals surface area (Å²) in [7, 11) is -9.17. The van der Waals surface area contributed by atoms with Crippen LogP contribution in [0.4, 0.5) is 0 Å². The normalized spacial score (nSPS) is 11.8. The van der Waals surface area contributed by atoms with E-state index in [2.05, 4.69) is 0 Å². The second-order valence-electron chi connectivity index (χ2n) is 8.60. The molecule has 190 valence electrons. The van der Waals surface area contributed by atoms with Crippen LogP contribution in [0.5, 0.6) is 0 Å². The van der Waals surface area contributed by atoms with Gasteiger partial charge in [0.05, 0.1) is 9.79 Å². The molecule has 0 radical (unpaired) electrons. The Balaban J connectivity index is 1.83. The molecule has 0 saturated heterocycles. The third-order valence-electron chi connectivity index (χ3n) is 6.24. The molecular formula is C30H20O6S2-2. The van der Waals surface area contributed by atoms with Crippen LogP contribution in [0.2, 0.25) is 0 Å². The molecule has 0 aliphatic heterocycles. The Bertz CT molecular complexity index is 1680. The van der Waals surface area contributed by atoms with Crippen LogP contribution in [-0.4, -0.2) is 25.9 Å². The third-order valence-corrected chi connectivity index (χ3v) is 7.94. The van der Waals surface area contributed by atoms with E-state index < -0.39 is 20.2 Å². The molecule has 0 aliphatic carbocycles. The predicted molar refractivity (Wildman–Crippen MR) is 144 cm³/mol. The highest BCUT2D eigenvalue weighted by atomic mass is 32.2. The highest BCUT2D eigenvalue weighted by Gasteiger charge is 2.19. The maximum atomic E-state index is 11.5. The van der Waals surface area contributed by atoms with Crippen molar-refractivity contribution in [1.29, 1.82) is 0 Å². The standard InChI is InChI=1S/C30H22O6S2/c31-37(32,33)25-15-11-21(12-16-25)27-19-20-28(22-13-17-26(18-14-22)38(34,35)36)30(24-9-5-2-6-10-24)29(27)23-7-3-1-4-8-23/h1-20H,(H,31,32,33)(H,34,35,36)/p-2. The highest BCUT2D eigenvalue weighted by Crippen LogP contribution is 2.45. The SMILES string of the molecule is O=S(=O)([O-])c1ccc(-c2ccc(-c3ccc(S(=O)(=O)[O-])cc3)c(-c3ccccc3)c2-c2ccccc2)cc1. The lowest BCUT2D eigenvalue weighted by atomic mass is 9.83. The van der Waals surface area contributed by atoms with Crippen molar-refractivity contribution in [3.63, 3.8) is 0 Å². The molecule has 5 aromatic rings. The van der Waals surface area contributed by atoms with Gasteiger partial charge in [-0.05, 0) is 68.8 Å². The van der Waals surface area contributed by atoms with E-state index >= 15 is 0 Å². The molecular weight excluding hydrogens is 520 g/mol. The van der Waals surface area contributed by atoms with E-state index in [4.69, 9.17) is 0 Å². The van der Waals surface area contributed by atoms with Crippen molar-refractivity contribution < 1.29 is 25.9 Å². The molecule has 0 aliphatic rings. The quantitative estimate of drug-likeness (QED) is 0.238. The van der Waals surface area contributed by atoms with Crippen molar-refractivity contribution in [2.24, 2.45) is 0 Å². The van der Waals surface area contributed by atoms with E-state index in [0.29, 0.717) is 11.1 Å². The number of hydrogen-bond donors (Lipinski definition) is 0. The summed E-state index contributed by atoms with van der Waals surface area (Å²) in [6, 6.07) is 34.8. The van der Waals surface area contributed by atoms with Gasteiger partial charge in [0.25, 0.3) is 0 Å². The molecule has 0 aromatic heterocycles. The maximum absolute atomic E-state index is 11.5. The first kappa shape index (κ1) is 25.6. The molecule has 5 aromatic carbocycles. The third kappa shape index (κ3) is 5.16. The van der Waals surface area contributed by atoms with Crippen LogP contribution < -0.4 is 0 Å². The van der Waals surface area contributed by atoms with Crippen LogP contribution in [0.3, 0.4) is 0 Å². The van der Waals surface area contributed by atoms with Gasteiger partial charge < -0.3 is 9.11 Å². The largest absolute Gasteiger partial charge is 0.744 e. The van der Waals surface area contributed by atoms with E-state index in [1.165, 1.54) is 24.3 Å². The van der Waals surface area contributed by atoms with Crippen LogP contribution in [0, 0.1) is 0 Å². The number of rotatable bonds is 6. The Morgan fingerprint density at radius 2 is 0.684 bits per heavy atom. The van der Waals surface area contributed by atoms with E-state index in [1.807, 2.05) is 72.8 Å². The van der Waals surface area contributed by atoms with Crippen molar-refractivity contribution in [3.8, 4) is 44.5 Å². The van der Waals surface area contributed by atoms with Gasteiger partial charge in [-0.2, -0.15) is 0 Å². The fourth-order valence-electron chi connectivity index (χ4n) is 4.50. The highest BCUT2D eigenvalue weighted by molar-refractivity contribution is 7.86. The minimum absolute atomic E-state index is 0.309. The molecule has 5 rings (SSSR count). The molecule has 0 unspecified atom stereocenters. The van der Waals surface area contributed by atoms with Gasteiger partial charge in [0.15, 0.2) is 0 Å². The molecule has 0 amide bonds. The van der Waals surface area contributed by atoms with E-state index in [1.54, 1.807) is 24.3 Å². The number of hydrogen-bond acceptors (Lipinski definition) is 6. The van der Waals surface area contributed by atoms with Gasteiger partial charge in [-0.25, -0.2) is 16.8 Å². The Hall–Kier alpha value is -4.08. The topological polar surface area (TPSA) is 114 Å². The molecule has 0 bridgehead atoms. The van der Waals surface area contributed by atoms with Crippen molar-refractivity contribution in [1.82, 2.24) is 0 Å². The summed E-state index contributed by atoms with van der Waals surface area (Å²) in [5.74, 6) is 0. The second-order valence-corrected chi connectivity index (χ2v) is 11.4. The van der Waals surface area contributed by atoms with Crippen LogP contribution in [-0.2, 0) is 20.2 Å². The summed E-state index contributed by atoms with van der Waals surface area (Å²) in [6.45, 7) is 0. The first-order chi connectivity index (χ1) is 18.1. The van der Waals surface area contributed by atoms with Crippen molar-refractivity contribution in [3.05, 3.63) is 121 Å². The Labute approximate surface area is 221 Å². The van der Waals surface area contributed by atoms with Gasteiger partial charge in [-0.1, -0.05) is 97.1 Å². The Morgan fingerprint density at radius 1 is 0.368 bits per heavy atom. The minimum Gasteiger partial charge on any atom is -0.744 e. The minimum atomic E-state index is -4.59. The van der Waals surface area contributed by atoms with Crippen molar-refractivity contribution >= 4 is 20.2 Å². The molecule has 0 N–H and O–H groups in total. The van der Waals surface area contributed by atoms with Gasteiger partial charge in [-0.15, -0.1) is 0 Å². The predicted octanol–water partition coefficient (Wildman–Crippen LogP) is 6.16. The smallest absolute Gasteiger partial charge is 0.124 e. The first-order valence-electron chi connectivity index (χ1n) is 11.5. The lowest BCUT2D eigenvalue weighted by molar-refractivity contribution is 0.461. The second kappa shape index (κ2) is 10.00. The summed E-state index contributed by atoms with van der Waals surface area (Å²) in [6.07, 6.45) is 0.